The molecule has 0 aromatic carbocycles. The number of carbonyl (C=O) groups excluding carboxylic acids is 1. The van der Waals surface area contributed by atoms with E-state index in [0.29, 0.717) is 37.9 Å². The Hall–Kier alpha value is -2.51. The summed E-state index contributed by atoms with van der Waals surface area (Å²) in [5, 5.41) is 0. The zero-order valence-corrected chi connectivity index (χ0v) is 21.4. The molecule has 36 heavy (non-hydrogen) atoms. The molecule has 2 aromatic rings. The van der Waals surface area contributed by atoms with Crippen LogP contribution in [0.4, 0.5) is 4.79 Å². The molecule has 2 heterocycles. The highest BCUT2D eigenvalue weighted by atomic mass is 16.7. The van der Waals surface area contributed by atoms with Crippen molar-refractivity contribution < 1.29 is 23.7 Å². The first-order chi connectivity index (χ1) is 17.8. The average molecular weight is 497 g/mol. The van der Waals surface area contributed by atoms with Gasteiger partial charge in [-0.2, -0.15) is 0 Å². The van der Waals surface area contributed by atoms with Crippen molar-refractivity contribution >= 4 is 6.16 Å². The quantitative estimate of drug-likeness (QED) is 0.251. The van der Waals surface area contributed by atoms with Crippen LogP contribution in [-0.2, 0) is 22.3 Å². The van der Waals surface area contributed by atoms with Crippen LogP contribution in [0, 0.1) is 11.8 Å². The minimum atomic E-state index is -0.846. The molecular formula is C29H40N2O5. The number of aromatic nitrogens is 2. The topological polar surface area (TPSA) is 79.8 Å². The van der Waals surface area contributed by atoms with Crippen LogP contribution in [0.15, 0.2) is 36.7 Å². The minimum absolute atomic E-state index is 0.247. The number of carbonyl (C=O) groups is 1. The van der Waals surface area contributed by atoms with Gasteiger partial charge in [-0.1, -0.05) is 50.7 Å². The second-order valence-corrected chi connectivity index (χ2v) is 10.0. The lowest BCUT2D eigenvalue weighted by atomic mass is 9.90. The van der Waals surface area contributed by atoms with Crippen LogP contribution >= 0.6 is 0 Å². The van der Waals surface area contributed by atoms with E-state index in [-0.39, 0.29) is 11.8 Å². The lowest BCUT2D eigenvalue weighted by Gasteiger charge is -2.21. The van der Waals surface area contributed by atoms with Gasteiger partial charge in [-0.3, -0.25) is 0 Å². The van der Waals surface area contributed by atoms with Crippen molar-refractivity contribution in [2.45, 2.75) is 77.0 Å². The summed E-state index contributed by atoms with van der Waals surface area (Å²) in [4.78, 5) is 21.0. The third-order valence-electron chi connectivity index (χ3n) is 7.25. The first kappa shape index (κ1) is 26.6. The molecule has 2 aromatic heterocycles. The Labute approximate surface area is 214 Å². The van der Waals surface area contributed by atoms with Gasteiger partial charge in [0.15, 0.2) is 0 Å². The minimum Gasteiger partial charge on any atom is -0.381 e. The molecule has 0 N–H and O–H groups in total. The van der Waals surface area contributed by atoms with Crippen LogP contribution in [0.25, 0.3) is 0 Å². The molecule has 0 amide bonds. The molecular weight excluding hydrogens is 456 g/mol. The van der Waals surface area contributed by atoms with E-state index in [2.05, 4.69) is 9.97 Å². The third kappa shape index (κ3) is 8.86. The molecule has 196 valence electrons. The maximum atomic E-state index is 12.6. The van der Waals surface area contributed by atoms with E-state index in [1.165, 1.54) is 64.2 Å². The summed E-state index contributed by atoms with van der Waals surface area (Å²) < 4.78 is 22.7. The van der Waals surface area contributed by atoms with Gasteiger partial charge in [0.25, 0.3) is 0 Å². The van der Waals surface area contributed by atoms with Gasteiger partial charge in [0.2, 0.25) is 11.8 Å². The van der Waals surface area contributed by atoms with Gasteiger partial charge < -0.3 is 18.9 Å². The number of hydrogen-bond donors (Lipinski definition) is 0. The van der Waals surface area contributed by atoms with Crippen LogP contribution in [0.2, 0.25) is 0 Å². The van der Waals surface area contributed by atoms with Crippen molar-refractivity contribution in [1.29, 1.82) is 0 Å². The molecule has 2 aliphatic rings. The van der Waals surface area contributed by atoms with Crippen molar-refractivity contribution in [2.75, 3.05) is 26.4 Å². The molecule has 7 nitrogen and oxygen atoms in total. The van der Waals surface area contributed by atoms with Gasteiger partial charge in [-0.25, -0.2) is 14.8 Å². The van der Waals surface area contributed by atoms with Crippen molar-refractivity contribution in [3.8, 4) is 11.8 Å². The number of ether oxygens (including phenoxy) is 4. The van der Waals surface area contributed by atoms with E-state index in [0.717, 1.165) is 24.3 Å². The maximum absolute atomic E-state index is 12.6. The Bertz CT molecular complexity index is 852. The summed E-state index contributed by atoms with van der Waals surface area (Å²) >= 11 is 0. The second-order valence-electron chi connectivity index (χ2n) is 10.0. The lowest BCUT2D eigenvalue weighted by molar-refractivity contribution is 0.0865. The Morgan fingerprint density at radius 2 is 1.14 bits per heavy atom. The molecule has 0 spiro atoms. The molecule has 2 fully saturated rings. The molecule has 2 saturated carbocycles. The predicted molar refractivity (Wildman–Crippen MR) is 137 cm³/mol. The summed E-state index contributed by atoms with van der Waals surface area (Å²) in [6.07, 6.45) is 16.6. The Morgan fingerprint density at radius 1 is 0.694 bits per heavy atom. The van der Waals surface area contributed by atoms with E-state index >= 15 is 0 Å². The zero-order valence-electron chi connectivity index (χ0n) is 21.4. The van der Waals surface area contributed by atoms with Gasteiger partial charge in [0.1, 0.15) is 0 Å². The number of rotatable bonds is 12. The molecule has 0 radical (unpaired) electrons. The molecule has 0 aliphatic heterocycles. The van der Waals surface area contributed by atoms with Crippen LogP contribution < -0.4 is 9.47 Å². The third-order valence-corrected chi connectivity index (χ3v) is 7.25. The number of pyridine rings is 2. The zero-order chi connectivity index (χ0) is 24.8. The molecule has 7 heteroatoms. The normalized spacial score (nSPS) is 17.1. The van der Waals surface area contributed by atoms with Crippen molar-refractivity contribution in [2.24, 2.45) is 11.8 Å². The molecule has 2 aliphatic carbocycles. The van der Waals surface area contributed by atoms with Crippen LogP contribution in [0.5, 0.6) is 11.8 Å². The van der Waals surface area contributed by atoms with Gasteiger partial charge in [-0.05, 0) is 49.7 Å². The van der Waals surface area contributed by atoms with Crippen molar-refractivity contribution in [3.63, 3.8) is 0 Å². The summed E-state index contributed by atoms with van der Waals surface area (Å²) in [5.74, 6) is 1.83. The first-order valence-electron chi connectivity index (χ1n) is 13.7. The van der Waals surface area contributed by atoms with E-state index in [1.54, 1.807) is 12.4 Å². The fraction of sp³-hybridized carbons (Fsp3) is 0.621. The fourth-order valence-electron chi connectivity index (χ4n) is 5.16. The van der Waals surface area contributed by atoms with Gasteiger partial charge in [0.05, 0.1) is 13.2 Å². The molecule has 0 saturated heterocycles. The second kappa shape index (κ2) is 14.9. The van der Waals surface area contributed by atoms with E-state index in [9.17, 15) is 4.79 Å². The lowest BCUT2D eigenvalue weighted by Crippen LogP contribution is -2.18. The largest absolute Gasteiger partial charge is 0.522 e. The Balaban J connectivity index is 1.22. The summed E-state index contributed by atoms with van der Waals surface area (Å²) in [7, 11) is 0. The van der Waals surface area contributed by atoms with Crippen molar-refractivity contribution in [1.82, 2.24) is 9.97 Å². The van der Waals surface area contributed by atoms with Gasteiger partial charge >= 0.3 is 6.16 Å². The first-order valence-corrected chi connectivity index (χ1v) is 13.7. The monoisotopic (exact) mass is 496 g/mol. The Morgan fingerprint density at radius 3 is 1.58 bits per heavy atom. The SMILES string of the molecule is O=C(Oc1ncccc1CCOCC1CCCCC1)Oc1ncccc1CCOCC1CCCCC1. The maximum Gasteiger partial charge on any atom is 0.522 e. The van der Waals surface area contributed by atoms with Gasteiger partial charge in [-0.15, -0.1) is 0 Å². The predicted octanol–water partition coefficient (Wildman–Crippen LogP) is 6.33. The van der Waals surface area contributed by atoms with E-state index < -0.39 is 6.16 Å². The summed E-state index contributed by atoms with van der Waals surface area (Å²) in [6.45, 7) is 2.73. The van der Waals surface area contributed by atoms with E-state index in [1.807, 2.05) is 24.3 Å². The number of hydrogen-bond acceptors (Lipinski definition) is 7. The average Bonchev–Trinajstić information content (AvgIpc) is 2.92. The highest BCUT2D eigenvalue weighted by molar-refractivity contribution is 5.66. The highest BCUT2D eigenvalue weighted by Gasteiger charge is 2.17. The highest BCUT2D eigenvalue weighted by Crippen LogP contribution is 2.25. The molecule has 0 bridgehead atoms. The van der Waals surface area contributed by atoms with E-state index in [4.69, 9.17) is 18.9 Å². The standard InChI is InChI=1S/C29H40N2O5/c32-29(35-27-25(13-7-17-30-27)15-19-33-21-23-9-3-1-4-10-23)36-28-26(14-8-18-31-28)16-20-34-22-24-11-5-2-6-12-24/h7-8,13-14,17-18,23-24H,1-6,9-12,15-16,19-22H2. The Kier molecular flexibility index (Phi) is 11.0. The summed E-state index contributed by atoms with van der Waals surface area (Å²) in [6, 6.07) is 7.46. The van der Waals surface area contributed by atoms with Crippen LogP contribution in [-0.4, -0.2) is 42.6 Å². The smallest absolute Gasteiger partial charge is 0.381 e. The molecule has 0 unspecified atom stereocenters. The van der Waals surface area contributed by atoms with Crippen molar-refractivity contribution in [3.05, 3.63) is 47.8 Å². The molecule has 0 atom stereocenters. The van der Waals surface area contributed by atoms with Crippen LogP contribution in [0.3, 0.4) is 0 Å². The number of nitrogens with zero attached hydrogens (tertiary/aromatic N) is 2. The fourth-order valence-corrected chi connectivity index (χ4v) is 5.16. The summed E-state index contributed by atoms with van der Waals surface area (Å²) in [5.41, 5.74) is 1.63. The van der Waals surface area contributed by atoms with Gasteiger partial charge in [0, 0.05) is 49.6 Å². The molecule has 4 rings (SSSR count). The van der Waals surface area contributed by atoms with Crippen LogP contribution in [0.1, 0.15) is 75.3 Å².